The van der Waals surface area contributed by atoms with Crippen LogP contribution in [0.1, 0.15) is 11.3 Å². The summed E-state index contributed by atoms with van der Waals surface area (Å²) in [5.41, 5.74) is -0.129. The van der Waals surface area contributed by atoms with E-state index in [9.17, 15) is 13.2 Å². The van der Waals surface area contributed by atoms with Crippen molar-refractivity contribution in [3.05, 3.63) is 29.6 Å². The van der Waals surface area contributed by atoms with Crippen LogP contribution in [0.25, 0.3) is 0 Å². The standard InChI is InChI=1S/C7H5BrF3N.BrH/c8-3-5-1-2-6(12-4-5)7(9,10)11;/h1-2,4H,3H2;1H. The second kappa shape index (κ2) is 4.95. The molecule has 0 bridgehead atoms. The van der Waals surface area contributed by atoms with Crippen molar-refractivity contribution in [1.82, 2.24) is 4.98 Å². The van der Waals surface area contributed by atoms with Gasteiger partial charge >= 0.3 is 6.18 Å². The van der Waals surface area contributed by atoms with Gasteiger partial charge in [0.25, 0.3) is 0 Å². The van der Waals surface area contributed by atoms with Gasteiger partial charge in [-0.15, -0.1) is 17.0 Å². The van der Waals surface area contributed by atoms with E-state index in [1.54, 1.807) is 0 Å². The van der Waals surface area contributed by atoms with Crippen LogP contribution in [0.4, 0.5) is 13.2 Å². The van der Waals surface area contributed by atoms with E-state index in [1.807, 2.05) is 0 Å². The lowest BCUT2D eigenvalue weighted by Gasteiger charge is -2.04. The van der Waals surface area contributed by atoms with Crippen LogP contribution in [-0.4, -0.2) is 4.98 Å². The molecule has 0 atom stereocenters. The van der Waals surface area contributed by atoms with Gasteiger partial charge in [0.1, 0.15) is 5.69 Å². The molecule has 0 radical (unpaired) electrons. The highest BCUT2D eigenvalue weighted by molar-refractivity contribution is 9.08. The van der Waals surface area contributed by atoms with Crippen molar-refractivity contribution >= 4 is 32.9 Å². The van der Waals surface area contributed by atoms with Crippen LogP contribution >= 0.6 is 32.9 Å². The summed E-state index contributed by atoms with van der Waals surface area (Å²) < 4.78 is 35.8. The summed E-state index contributed by atoms with van der Waals surface area (Å²) >= 11 is 3.11. The van der Waals surface area contributed by atoms with Gasteiger partial charge in [0.15, 0.2) is 0 Å². The molecule has 1 aromatic heterocycles. The number of rotatable bonds is 1. The SMILES string of the molecule is Br.FC(F)(F)c1ccc(CBr)cn1. The fraction of sp³-hybridized carbons (Fsp3) is 0.286. The zero-order valence-corrected chi connectivity index (χ0v) is 9.61. The molecular weight excluding hydrogens is 315 g/mol. The number of hydrogen-bond acceptors (Lipinski definition) is 1. The highest BCUT2D eigenvalue weighted by Crippen LogP contribution is 2.27. The van der Waals surface area contributed by atoms with Gasteiger partial charge in [-0.2, -0.15) is 13.2 Å². The Hall–Kier alpha value is -0.100. The number of hydrogen-bond donors (Lipinski definition) is 0. The Morgan fingerprint density at radius 2 is 1.92 bits per heavy atom. The fourth-order valence-corrected chi connectivity index (χ4v) is 1.00. The summed E-state index contributed by atoms with van der Waals surface area (Å²) in [5, 5.41) is 0.512. The quantitative estimate of drug-likeness (QED) is 0.721. The first kappa shape index (κ1) is 12.9. The predicted molar refractivity (Wildman–Crippen MR) is 52.2 cm³/mol. The highest BCUT2D eigenvalue weighted by Gasteiger charge is 2.31. The molecular formula is C7H6Br2F3N. The average Bonchev–Trinajstić information content (AvgIpc) is 2.03. The number of halogens is 5. The molecule has 0 spiro atoms. The van der Waals surface area contributed by atoms with E-state index in [2.05, 4.69) is 20.9 Å². The van der Waals surface area contributed by atoms with Gasteiger partial charge in [-0.25, -0.2) is 0 Å². The Kier molecular flexibility index (Phi) is 4.91. The molecule has 0 aromatic carbocycles. The largest absolute Gasteiger partial charge is 0.433 e. The van der Waals surface area contributed by atoms with Gasteiger partial charge in [0, 0.05) is 11.5 Å². The van der Waals surface area contributed by atoms with E-state index in [0.717, 1.165) is 11.6 Å². The third-order valence-electron chi connectivity index (χ3n) is 1.27. The molecule has 0 amide bonds. The van der Waals surface area contributed by atoms with Gasteiger partial charge in [0.2, 0.25) is 0 Å². The van der Waals surface area contributed by atoms with Gasteiger partial charge in [-0.3, -0.25) is 4.98 Å². The number of pyridine rings is 1. The minimum atomic E-state index is -4.34. The number of nitrogens with zero attached hydrogens (tertiary/aromatic N) is 1. The Morgan fingerprint density at radius 3 is 2.23 bits per heavy atom. The van der Waals surface area contributed by atoms with Gasteiger partial charge in [-0.05, 0) is 11.6 Å². The van der Waals surface area contributed by atoms with Gasteiger partial charge < -0.3 is 0 Å². The molecule has 0 N–H and O–H groups in total. The van der Waals surface area contributed by atoms with E-state index >= 15 is 0 Å². The van der Waals surface area contributed by atoms with E-state index < -0.39 is 11.9 Å². The molecule has 1 heterocycles. The van der Waals surface area contributed by atoms with Crippen molar-refractivity contribution in [1.29, 1.82) is 0 Å². The fourth-order valence-electron chi connectivity index (χ4n) is 0.671. The van der Waals surface area contributed by atoms with Crippen LogP contribution < -0.4 is 0 Å². The summed E-state index contributed by atoms with van der Waals surface area (Å²) in [5.74, 6) is 0. The molecule has 0 unspecified atom stereocenters. The maximum absolute atomic E-state index is 11.9. The first-order valence-corrected chi connectivity index (χ1v) is 4.24. The van der Waals surface area contributed by atoms with Crippen LogP contribution in [0.2, 0.25) is 0 Å². The third-order valence-corrected chi connectivity index (χ3v) is 1.92. The van der Waals surface area contributed by atoms with Crippen molar-refractivity contribution in [2.24, 2.45) is 0 Å². The molecule has 13 heavy (non-hydrogen) atoms. The monoisotopic (exact) mass is 319 g/mol. The number of aromatic nitrogens is 1. The normalized spacial score (nSPS) is 10.8. The molecule has 0 saturated heterocycles. The van der Waals surface area contributed by atoms with Gasteiger partial charge in [0.05, 0.1) is 0 Å². The first-order valence-electron chi connectivity index (χ1n) is 3.12. The van der Waals surface area contributed by atoms with E-state index in [0.29, 0.717) is 5.33 Å². The Bertz CT molecular complexity index is 257. The van der Waals surface area contributed by atoms with Crippen molar-refractivity contribution in [3.8, 4) is 0 Å². The highest BCUT2D eigenvalue weighted by atomic mass is 79.9. The Morgan fingerprint density at radius 1 is 1.31 bits per heavy atom. The number of alkyl halides is 4. The lowest BCUT2D eigenvalue weighted by molar-refractivity contribution is -0.141. The summed E-state index contributed by atoms with van der Waals surface area (Å²) in [6.45, 7) is 0. The summed E-state index contributed by atoms with van der Waals surface area (Å²) in [6.07, 6.45) is -3.14. The van der Waals surface area contributed by atoms with E-state index in [-0.39, 0.29) is 17.0 Å². The van der Waals surface area contributed by atoms with E-state index in [4.69, 9.17) is 0 Å². The second-order valence-electron chi connectivity index (χ2n) is 2.18. The summed E-state index contributed by atoms with van der Waals surface area (Å²) in [4.78, 5) is 3.27. The smallest absolute Gasteiger partial charge is 0.251 e. The third kappa shape index (κ3) is 3.64. The minimum absolute atomic E-state index is 0. The molecule has 1 rings (SSSR count). The molecule has 1 nitrogen and oxygen atoms in total. The van der Waals surface area contributed by atoms with Gasteiger partial charge in [-0.1, -0.05) is 22.0 Å². The topological polar surface area (TPSA) is 12.9 Å². The van der Waals surface area contributed by atoms with Crippen LogP contribution in [0.3, 0.4) is 0 Å². The first-order chi connectivity index (χ1) is 5.54. The van der Waals surface area contributed by atoms with Crippen LogP contribution in [0.15, 0.2) is 18.3 Å². The predicted octanol–water partition coefficient (Wildman–Crippen LogP) is 3.57. The molecule has 0 aliphatic rings. The molecule has 0 saturated carbocycles. The van der Waals surface area contributed by atoms with Crippen LogP contribution in [0.5, 0.6) is 0 Å². The van der Waals surface area contributed by atoms with Crippen molar-refractivity contribution < 1.29 is 13.2 Å². The van der Waals surface area contributed by atoms with E-state index in [1.165, 1.54) is 12.3 Å². The molecule has 0 aliphatic heterocycles. The maximum atomic E-state index is 11.9. The minimum Gasteiger partial charge on any atom is -0.251 e. The van der Waals surface area contributed by atoms with Crippen LogP contribution in [-0.2, 0) is 11.5 Å². The lowest BCUT2D eigenvalue weighted by atomic mass is 10.3. The van der Waals surface area contributed by atoms with Crippen molar-refractivity contribution in [2.75, 3.05) is 0 Å². The lowest BCUT2D eigenvalue weighted by Crippen LogP contribution is -2.07. The maximum Gasteiger partial charge on any atom is 0.433 e. The van der Waals surface area contributed by atoms with Crippen molar-refractivity contribution in [3.63, 3.8) is 0 Å². The Balaban J connectivity index is 0.00000144. The Labute approximate surface area is 92.3 Å². The molecule has 6 heteroatoms. The molecule has 1 aromatic rings. The summed E-state index contributed by atoms with van der Waals surface area (Å²) in [6, 6.07) is 2.36. The van der Waals surface area contributed by atoms with Crippen molar-refractivity contribution in [2.45, 2.75) is 11.5 Å². The zero-order valence-electron chi connectivity index (χ0n) is 6.31. The average molecular weight is 321 g/mol. The second-order valence-corrected chi connectivity index (χ2v) is 2.74. The van der Waals surface area contributed by atoms with Crippen LogP contribution in [0, 0.1) is 0 Å². The molecule has 0 aliphatic carbocycles. The molecule has 0 fully saturated rings. The zero-order chi connectivity index (χ0) is 9.19. The molecule has 74 valence electrons. The summed E-state index contributed by atoms with van der Waals surface area (Å²) in [7, 11) is 0.